The largest absolute Gasteiger partial charge is 0.369 e. The van der Waals surface area contributed by atoms with E-state index in [9.17, 15) is 4.79 Å². The molecule has 3 unspecified atom stereocenters. The summed E-state index contributed by atoms with van der Waals surface area (Å²) in [5, 5.41) is 5.66. The number of hydrogen-bond acceptors (Lipinski definition) is 6. The van der Waals surface area contributed by atoms with Crippen LogP contribution in [0.15, 0.2) is 42.9 Å². The number of amides is 1. The van der Waals surface area contributed by atoms with Crippen molar-refractivity contribution in [1.82, 2.24) is 19.9 Å². The van der Waals surface area contributed by atoms with E-state index in [1.807, 2.05) is 32.2 Å². The second kappa shape index (κ2) is 9.90. The van der Waals surface area contributed by atoms with Crippen molar-refractivity contribution in [3.05, 3.63) is 58.9 Å². The van der Waals surface area contributed by atoms with Gasteiger partial charge in [-0.1, -0.05) is 38.5 Å². The molecular formula is C28H33N5OS. The summed E-state index contributed by atoms with van der Waals surface area (Å²) < 4.78 is 0. The van der Waals surface area contributed by atoms with Crippen molar-refractivity contribution < 1.29 is 4.79 Å². The third-order valence-electron chi connectivity index (χ3n) is 7.67. The van der Waals surface area contributed by atoms with E-state index in [2.05, 4.69) is 46.2 Å². The fraction of sp³-hybridized carbons (Fsp3) is 0.429. The Labute approximate surface area is 210 Å². The van der Waals surface area contributed by atoms with Crippen molar-refractivity contribution in [2.45, 2.75) is 46.6 Å². The maximum absolute atomic E-state index is 13.5. The van der Waals surface area contributed by atoms with Crippen molar-refractivity contribution in [2.24, 2.45) is 17.8 Å². The molecule has 1 aromatic carbocycles. The van der Waals surface area contributed by atoms with Gasteiger partial charge < -0.3 is 10.2 Å². The van der Waals surface area contributed by atoms with Crippen molar-refractivity contribution in [3.8, 4) is 0 Å². The second-order valence-corrected chi connectivity index (χ2v) is 11.0. The number of aromatic nitrogens is 3. The highest BCUT2D eigenvalue weighted by atomic mass is 32.1. The lowest BCUT2D eigenvalue weighted by Gasteiger charge is -2.18. The lowest BCUT2D eigenvalue weighted by molar-refractivity contribution is 0.0790. The topological polar surface area (TPSA) is 71.0 Å². The maximum Gasteiger partial charge on any atom is 0.264 e. The average molecular weight is 488 g/mol. The van der Waals surface area contributed by atoms with Crippen LogP contribution in [-0.4, -0.2) is 39.4 Å². The van der Waals surface area contributed by atoms with E-state index in [0.717, 1.165) is 61.3 Å². The summed E-state index contributed by atoms with van der Waals surface area (Å²) in [5.41, 5.74) is 2.98. The zero-order valence-corrected chi connectivity index (χ0v) is 21.7. The maximum atomic E-state index is 13.5. The van der Waals surface area contributed by atoms with Crippen LogP contribution >= 0.6 is 11.3 Å². The summed E-state index contributed by atoms with van der Waals surface area (Å²) in [6, 6.07) is 10.0. The molecule has 5 rings (SSSR count). The van der Waals surface area contributed by atoms with Crippen molar-refractivity contribution in [3.63, 3.8) is 0 Å². The van der Waals surface area contributed by atoms with E-state index in [1.54, 1.807) is 17.4 Å². The van der Waals surface area contributed by atoms with Gasteiger partial charge in [-0.25, -0.2) is 9.97 Å². The Kier molecular flexibility index (Phi) is 6.69. The lowest BCUT2D eigenvalue weighted by Crippen LogP contribution is -2.26. The van der Waals surface area contributed by atoms with Crippen LogP contribution in [0.2, 0.25) is 0 Å². The molecule has 0 aliphatic heterocycles. The highest BCUT2D eigenvalue weighted by Gasteiger charge is 2.30. The van der Waals surface area contributed by atoms with Crippen LogP contribution in [0.25, 0.3) is 21.1 Å². The third-order valence-corrected chi connectivity index (χ3v) is 8.85. The summed E-state index contributed by atoms with van der Waals surface area (Å²) in [6.07, 6.45) is 7.26. The number of hydrogen-bond donors (Lipinski definition) is 1. The van der Waals surface area contributed by atoms with Crippen LogP contribution in [0.5, 0.6) is 0 Å². The van der Waals surface area contributed by atoms with E-state index in [1.165, 1.54) is 30.6 Å². The first-order chi connectivity index (χ1) is 17.0. The van der Waals surface area contributed by atoms with Crippen molar-refractivity contribution >= 4 is 44.2 Å². The van der Waals surface area contributed by atoms with Crippen LogP contribution in [0.4, 0.5) is 5.82 Å². The summed E-state index contributed by atoms with van der Waals surface area (Å²) in [7, 11) is 1.86. The number of nitrogens with one attached hydrogen (secondary N) is 1. The Morgan fingerprint density at radius 1 is 1.17 bits per heavy atom. The zero-order chi connectivity index (χ0) is 24.5. The Morgan fingerprint density at radius 2 is 2.03 bits per heavy atom. The Bertz CT molecular complexity index is 1360. The molecule has 3 atom stereocenters. The molecule has 1 N–H and O–H groups in total. The second-order valence-electron chi connectivity index (χ2n) is 9.97. The van der Waals surface area contributed by atoms with Crippen molar-refractivity contribution in [2.75, 3.05) is 18.9 Å². The van der Waals surface area contributed by atoms with Gasteiger partial charge in [0.15, 0.2) is 0 Å². The van der Waals surface area contributed by atoms with Gasteiger partial charge in [0.25, 0.3) is 5.91 Å². The molecule has 1 aliphatic carbocycles. The fourth-order valence-electron chi connectivity index (χ4n) is 5.54. The molecule has 1 fully saturated rings. The molecule has 0 saturated heterocycles. The lowest BCUT2D eigenvalue weighted by atomic mass is 9.98. The van der Waals surface area contributed by atoms with Crippen LogP contribution in [0.3, 0.4) is 0 Å². The molecule has 1 amide bonds. The number of fused-ring (bicyclic) bond motifs is 2. The minimum atomic E-state index is 0.00699. The van der Waals surface area contributed by atoms with Gasteiger partial charge in [-0.2, -0.15) is 0 Å². The van der Waals surface area contributed by atoms with Gasteiger partial charge in [-0.3, -0.25) is 9.78 Å². The molecule has 182 valence electrons. The molecule has 4 aromatic rings. The van der Waals surface area contributed by atoms with Gasteiger partial charge >= 0.3 is 0 Å². The highest BCUT2D eigenvalue weighted by molar-refractivity contribution is 7.20. The number of nitrogens with zero attached hydrogens (tertiary/aromatic N) is 4. The molecule has 1 aliphatic rings. The summed E-state index contributed by atoms with van der Waals surface area (Å²) in [4.78, 5) is 30.4. The first-order valence-electron chi connectivity index (χ1n) is 12.5. The Hall–Kier alpha value is -3.06. The minimum absolute atomic E-state index is 0.00699. The number of rotatable bonds is 7. The molecule has 0 spiro atoms. The van der Waals surface area contributed by atoms with Gasteiger partial charge in [-0.15, -0.1) is 11.3 Å². The minimum Gasteiger partial charge on any atom is -0.369 e. The van der Waals surface area contributed by atoms with E-state index < -0.39 is 0 Å². The number of carbonyl (C=O) groups excluding carboxylic acids is 1. The van der Waals surface area contributed by atoms with E-state index in [-0.39, 0.29) is 5.91 Å². The molecular weight excluding hydrogens is 454 g/mol. The highest BCUT2D eigenvalue weighted by Crippen LogP contribution is 2.39. The zero-order valence-electron chi connectivity index (χ0n) is 20.9. The number of benzene rings is 1. The van der Waals surface area contributed by atoms with Gasteiger partial charge in [0.2, 0.25) is 0 Å². The Morgan fingerprint density at radius 3 is 2.83 bits per heavy atom. The van der Waals surface area contributed by atoms with Gasteiger partial charge in [0.05, 0.1) is 15.8 Å². The standard InChI is InChI=1S/C28H33N5OS/c1-5-19-12-17(2)21(13-19)14-30-26-24-18(3)25(35-27(24)32-16-31-26)28(34)33(4)15-20-8-6-10-23-22(20)9-7-11-29-23/h6-11,16-17,19,21H,5,12-15H2,1-4H3,(H,30,31,32). The van der Waals surface area contributed by atoms with Gasteiger partial charge in [0, 0.05) is 31.7 Å². The van der Waals surface area contributed by atoms with E-state index in [4.69, 9.17) is 0 Å². The molecule has 7 heteroatoms. The van der Waals surface area contributed by atoms with E-state index >= 15 is 0 Å². The predicted octanol–water partition coefficient (Wildman–Crippen LogP) is 6.30. The fourth-order valence-corrected chi connectivity index (χ4v) is 6.68. The molecule has 0 radical (unpaired) electrons. The first kappa shape index (κ1) is 23.7. The molecule has 1 saturated carbocycles. The molecule has 3 aromatic heterocycles. The Balaban J connectivity index is 1.37. The predicted molar refractivity (Wildman–Crippen MR) is 144 cm³/mol. The monoisotopic (exact) mass is 487 g/mol. The van der Waals surface area contributed by atoms with Crippen LogP contribution in [0, 0.1) is 24.7 Å². The number of aryl methyl sites for hydroxylation is 1. The number of pyridine rings is 1. The smallest absolute Gasteiger partial charge is 0.264 e. The molecule has 35 heavy (non-hydrogen) atoms. The summed E-state index contributed by atoms with van der Waals surface area (Å²) in [6.45, 7) is 8.11. The average Bonchev–Trinajstić information content (AvgIpc) is 3.41. The molecule has 0 bridgehead atoms. The summed E-state index contributed by atoms with van der Waals surface area (Å²) in [5.74, 6) is 3.07. The SMILES string of the molecule is CCC1CC(C)C(CNc2ncnc3sc(C(=O)N(C)Cc4cccc5ncccc45)c(C)c23)C1. The van der Waals surface area contributed by atoms with Gasteiger partial charge in [0.1, 0.15) is 17.0 Å². The third kappa shape index (κ3) is 4.61. The summed E-state index contributed by atoms with van der Waals surface area (Å²) >= 11 is 1.46. The normalized spacial score (nSPS) is 19.9. The quantitative estimate of drug-likeness (QED) is 0.331. The molecule has 3 heterocycles. The van der Waals surface area contributed by atoms with E-state index in [0.29, 0.717) is 12.5 Å². The number of carbonyl (C=O) groups is 1. The van der Waals surface area contributed by atoms with Crippen LogP contribution < -0.4 is 5.32 Å². The van der Waals surface area contributed by atoms with Crippen molar-refractivity contribution in [1.29, 1.82) is 0 Å². The number of anilines is 1. The van der Waals surface area contributed by atoms with Gasteiger partial charge in [-0.05, 0) is 60.8 Å². The van der Waals surface area contributed by atoms with Crippen LogP contribution in [0.1, 0.15) is 53.9 Å². The first-order valence-corrected chi connectivity index (χ1v) is 13.3. The van der Waals surface area contributed by atoms with Crippen LogP contribution in [-0.2, 0) is 6.54 Å². The number of thiophene rings is 1. The molecule has 6 nitrogen and oxygen atoms in total.